The average Bonchev–Trinajstić information content (AvgIpc) is 3.36. The lowest BCUT2D eigenvalue weighted by Crippen LogP contribution is -2.18. The van der Waals surface area contributed by atoms with E-state index in [0.29, 0.717) is 23.7 Å². The van der Waals surface area contributed by atoms with Gasteiger partial charge in [-0.15, -0.1) is 0 Å². The second kappa shape index (κ2) is 30.8. The second-order valence-electron chi connectivity index (χ2n) is 21.4. The fourth-order valence-corrected chi connectivity index (χ4v) is 11.2. The van der Waals surface area contributed by atoms with Gasteiger partial charge in [-0.2, -0.15) is 0 Å². The van der Waals surface area contributed by atoms with Crippen molar-refractivity contribution in [1.82, 2.24) is 19.9 Å². The minimum Gasteiger partial charge on any atom is -0.457 e. The van der Waals surface area contributed by atoms with E-state index >= 15 is 0 Å². The van der Waals surface area contributed by atoms with E-state index < -0.39 is 0 Å². The largest absolute Gasteiger partial charge is 0.457 e. The van der Waals surface area contributed by atoms with Crippen molar-refractivity contribution in [3.8, 4) is 11.5 Å². The number of nitrogens with zero attached hydrogens (tertiary/aromatic N) is 4. The van der Waals surface area contributed by atoms with Crippen LogP contribution in [0, 0.1) is 11.8 Å². The van der Waals surface area contributed by atoms with Crippen molar-refractivity contribution >= 4 is 0 Å². The van der Waals surface area contributed by atoms with E-state index in [4.69, 9.17) is 24.7 Å². The molecule has 2 aliphatic rings. The predicted molar refractivity (Wildman–Crippen MR) is 284 cm³/mol. The highest BCUT2D eigenvalue weighted by Crippen LogP contribution is 2.41. The predicted octanol–water partition coefficient (Wildman–Crippen LogP) is 18.1. The van der Waals surface area contributed by atoms with Crippen LogP contribution in [0.25, 0.3) is 0 Å². The van der Waals surface area contributed by atoms with Gasteiger partial charge in [-0.05, 0) is 173 Å². The molecule has 0 saturated heterocycles. The maximum absolute atomic E-state index is 7.16. The van der Waals surface area contributed by atoms with Gasteiger partial charge in [0.25, 0.3) is 0 Å². The summed E-state index contributed by atoms with van der Waals surface area (Å²) in [5.74, 6) is 6.54. The van der Waals surface area contributed by atoms with Crippen molar-refractivity contribution in [2.24, 2.45) is 11.8 Å². The molecule has 2 fully saturated rings. The molecule has 0 unspecified atom stereocenters. The number of unbranched alkanes of at least 4 members (excludes halogenated alkanes) is 16. The van der Waals surface area contributed by atoms with Crippen LogP contribution in [0.2, 0.25) is 0 Å². The van der Waals surface area contributed by atoms with Crippen molar-refractivity contribution in [3.05, 3.63) is 106 Å². The zero-order valence-corrected chi connectivity index (χ0v) is 43.3. The van der Waals surface area contributed by atoms with Crippen LogP contribution in [0.5, 0.6) is 11.5 Å². The summed E-state index contributed by atoms with van der Waals surface area (Å²) in [7, 11) is 0. The lowest BCUT2D eigenvalue weighted by molar-refractivity contribution is 0.312. The maximum atomic E-state index is 7.16. The van der Waals surface area contributed by atoms with Gasteiger partial charge in [0.1, 0.15) is 23.1 Å². The van der Waals surface area contributed by atoms with Crippen molar-refractivity contribution in [3.63, 3.8) is 0 Å². The van der Waals surface area contributed by atoms with E-state index in [2.05, 4.69) is 88.9 Å². The molecule has 2 aromatic carbocycles. The summed E-state index contributed by atoms with van der Waals surface area (Å²) in [6.07, 6.45) is 51.2. The van der Waals surface area contributed by atoms with Gasteiger partial charge < -0.3 is 4.74 Å². The molecule has 0 amide bonds. The van der Waals surface area contributed by atoms with Crippen molar-refractivity contribution in [2.45, 2.75) is 258 Å². The summed E-state index contributed by atoms with van der Waals surface area (Å²) in [6.45, 7) is 9.19. The Morgan fingerprint density at radius 3 is 1.06 bits per heavy atom. The normalized spacial score (nSPS) is 18.6. The SMILES string of the molecule is CCCCCCCCCc1cnc([C@H]2CC[C@H](Cc3cc(CCCCC)ccc3Oc3ccc(CCCCC)cc3C[C@H]3CC[C@H](c4ncc(CCCCCCCCC)cn4)CC3)CC2)nc1. The summed E-state index contributed by atoms with van der Waals surface area (Å²) in [5.41, 5.74) is 8.33. The van der Waals surface area contributed by atoms with Gasteiger partial charge in [0, 0.05) is 36.6 Å². The number of benzene rings is 2. The molecule has 67 heavy (non-hydrogen) atoms. The summed E-state index contributed by atoms with van der Waals surface area (Å²) in [5, 5.41) is 0. The molecule has 5 nitrogen and oxygen atoms in total. The molecule has 0 spiro atoms. The monoisotopic (exact) mass is 911 g/mol. The van der Waals surface area contributed by atoms with Gasteiger partial charge in [0.2, 0.25) is 0 Å². The summed E-state index contributed by atoms with van der Waals surface area (Å²) in [4.78, 5) is 19.7. The molecule has 2 heterocycles. The number of aryl methyl sites for hydroxylation is 4. The maximum Gasteiger partial charge on any atom is 0.131 e. The summed E-state index contributed by atoms with van der Waals surface area (Å²) in [6, 6.07) is 14.3. The smallest absolute Gasteiger partial charge is 0.131 e. The third-order valence-electron chi connectivity index (χ3n) is 15.6. The van der Waals surface area contributed by atoms with Crippen LogP contribution in [0.4, 0.5) is 0 Å². The first-order chi connectivity index (χ1) is 33.0. The topological polar surface area (TPSA) is 60.8 Å². The molecule has 0 N–H and O–H groups in total. The summed E-state index contributed by atoms with van der Waals surface area (Å²) >= 11 is 0. The van der Waals surface area contributed by atoms with Crippen LogP contribution in [0.1, 0.15) is 264 Å². The fourth-order valence-electron chi connectivity index (χ4n) is 11.2. The minimum absolute atomic E-state index is 0.478. The van der Waals surface area contributed by atoms with E-state index in [1.807, 2.05) is 0 Å². The highest BCUT2D eigenvalue weighted by atomic mass is 16.5. The van der Waals surface area contributed by atoms with Crippen LogP contribution in [-0.4, -0.2) is 19.9 Å². The van der Waals surface area contributed by atoms with Crippen molar-refractivity contribution in [1.29, 1.82) is 0 Å². The Labute approximate surface area is 410 Å². The number of hydrogen-bond acceptors (Lipinski definition) is 5. The Morgan fingerprint density at radius 1 is 0.373 bits per heavy atom. The van der Waals surface area contributed by atoms with E-state index in [1.165, 1.54) is 213 Å². The molecular weight excluding hydrogens is 817 g/mol. The Hall–Kier alpha value is -3.60. The first-order valence-electron chi connectivity index (χ1n) is 28.6. The first-order valence-corrected chi connectivity index (χ1v) is 28.6. The van der Waals surface area contributed by atoms with Gasteiger partial charge in [-0.1, -0.05) is 155 Å². The Kier molecular flexibility index (Phi) is 24.3. The molecule has 2 aliphatic carbocycles. The van der Waals surface area contributed by atoms with Crippen LogP contribution < -0.4 is 4.74 Å². The number of hydrogen-bond donors (Lipinski definition) is 0. The molecule has 368 valence electrons. The molecule has 6 rings (SSSR count). The highest BCUT2D eigenvalue weighted by Gasteiger charge is 2.27. The number of aromatic nitrogens is 4. The molecular formula is C62H94N4O. The lowest BCUT2D eigenvalue weighted by atomic mass is 9.78. The molecule has 0 bridgehead atoms. The molecule has 4 aromatic rings. The van der Waals surface area contributed by atoms with Gasteiger partial charge in [-0.25, -0.2) is 19.9 Å². The first kappa shape index (κ1) is 52.8. The Bertz CT molecular complexity index is 1770. The van der Waals surface area contributed by atoms with Gasteiger partial charge in [0.15, 0.2) is 0 Å². The van der Waals surface area contributed by atoms with E-state index in [0.717, 1.165) is 61.7 Å². The number of ether oxygens (including phenoxy) is 1. The molecule has 5 heteroatoms. The quantitative estimate of drug-likeness (QED) is 0.0457. The zero-order valence-electron chi connectivity index (χ0n) is 43.3. The molecule has 0 radical (unpaired) electrons. The zero-order chi connectivity index (χ0) is 46.7. The van der Waals surface area contributed by atoms with Crippen LogP contribution >= 0.6 is 0 Å². The third kappa shape index (κ3) is 18.7. The van der Waals surface area contributed by atoms with E-state index in [-0.39, 0.29) is 0 Å². The van der Waals surface area contributed by atoms with Crippen LogP contribution in [0.3, 0.4) is 0 Å². The van der Waals surface area contributed by atoms with Gasteiger partial charge in [-0.3, -0.25) is 0 Å². The molecule has 0 aliphatic heterocycles. The molecule has 2 aromatic heterocycles. The third-order valence-corrected chi connectivity index (χ3v) is 15.6. The molecule has 0 atom stereocenters. The van der Waals surface area contributed by atoms with Crippen LogP contribution in [-0.2, 0) is 38.5 Å². The second-order valence-corrected chi connectivity index (χ2v) is 21.4. The van der Waals surface area contributed by atoms with E-state index in [1.54, 1.807) is 0 Å². The van der Waals surface area contributed by atoms with Gasteiger partial charge >= 0.3 is 0 Å². The van der Waals surface area contributed by atoms with E-state index in [9.17, 15) is 0 Å². The number of rotatable bonds is 32. The average molecular weight is 911 g/mol. The summed E-state index contributed by atoms with van der Waals surface area (Å²) < 4.78 is 7.16. The van der Waals surface area contributed by atoms with Crippen molar-refractivity contribution < 1.29 is 4.74 Å². The molecule has 2 saturated carbocycles. The Morgan fingerprint density at radius 2 is 0.687 bits per heavy atom. The standard InChI is InChI=1S/C62H94N4O/c1-5-9-13-15-17-19-23-27-53-45-63-61(64-46-53)55-35-29-51(30-36-55)43-57-41-49(25-21-11-7-3)33-39-59(57)67-60-40-34-50(26-22-12-8-4)42-58(60)44-52-31-37-56(38-32-52)62-65-47-54(48-66-62)28-24-20-18-16-14-10-6-2/h33-34,39-42,45-48,51-52,55-56H,5-32,35-38,43-44H2,1-4H3/t51-,52-,55-,56-. The van der Waals surface area contributed by atoms with Crippen molar-refractivity contribution in [2.75, 3.05) is 0 Å². The minimum atomic E-state index is 0.478. The lowest BCUT2D eigenvalue weighted by Gasteiger charge is -2.29. The van der Waals surface area contributed by atoms with Gasteiger partial charge in [0.05, 0.1) is 0 Å². The fraction of sp³-hybridized carbons (Fsp3) is 0.677. The van der Waals surface area contributed by atoms with Crippen LogP contribution in [0.15, 0.2) is 61.2 Å². The Balaban J connectivity index is 1.06. The highest BCUT2D eigenvalue weighted by molar-refractivity contribution is 5.45.